The van der Waals surface area contributed by atoms with Crippen LogP contribution in [0.15, 0.2) is 35.7 Å². The SMILES string of the molecule is O=C(NCc1sccc1C#CCCO)c1cccc(Cl)c1. The number of hydrogen-bond donors (Lipinski definition) is 2. The van der Waals surface area contributed by atoms with Gasteiger partial charge >= 0.3 is 0 Å². The Hall–Kier alpha value is -1.80. The predicted molar refractivity (Wildman–Crippen MR) is 85.5 cm³/mol. The normalized spacial score (nSPS) is 9.81. The standard InChI is InChI=1S/C16H14ClNO2S/c17-14-6-3-5-13(10-14)16(20)18-11-15-12(7-9-21-15)4-1-2-8-19/h3,5-7,9-10,19H,2,8,11H2,(H,18,20). The van der Waals surface area contributed by atoms with Crippen LogP contribution >= 0.6 is 22.9 Å². The molecule has 0 aliphatic heterocycles. The van der Waals surface area contributed by atoms with E-state index in [9.17, 15) is 4.79 Å². The summed E-state index contributed by atoms with van der Waals surface area (Å²) in [5.41, 5.74) is 1.42. The second kappa shape index (κ2) is 7.84. The van der Waals surface area contributed by atoms with Crippen LogP contribution < -0.4 is 5.32 Å². The first-order valence-corrected chi connectivity index (χ1v) is 7.66. The average Bonchev–Trinajstić information content (AvgIpc) is 2.92. The topological polar surface area (TPSA) is 49.3 Å². The molecule has 2 aromatic rings. The first kappa shape index (κ1) is 15.6. The predicted octanol–water partition coefficient (Wildman–Crippen LogP) is 3.07. The van der Waals surface area contributed by atoms with E-state index in [2.05, 4.69) is 17.2 Å². The van der Waals surface area contributed by atoms with E-state index < -0.39 is 0 Å². The molecule has 1 aromatic heterocycles. The Morgan fingerprint density at radius 1 is 1.38 bits per heavy atom. The van der Waals surface area contributed by atoms with E-state index in [1.54, 1.807) is 35.6 Å². The number of aliphatic hydroxyl groups is 1. The van der Waals surface area contributed by atoms with Crippen LogP contribution in [0.1, 0.15) is 27.2 Å². The van der Waals surface area contributed by atoms with Gasteiger partial charge in [0.05, 0.1) is 13.2 Å². The van der Waals surface area contributed by atoms with E-state index in [0.717, 1.165) is 10.4 Å². The molecule has 1 heterocycles. The number of rotatable bonds is 4. The van der Waals surface area contributed by atoms with E-state index >= 15 is 0 Å². The molecular weight excluding hydrogens is 306 g/mol. The maximum absolute atomic E-state index is 12.0. The van der Waals surface area contributed by atoms with Crippen molar-refractivity contribution in [3.63, 3.8) is 0 Å². The number of carbonyl (C=O) groups excluding carboxylic acids is 1. The van der Waals surface area contributed by atoms with Crippen molar-refractivity contribution in [2.45, 2.75) is 13.0 Å². The van der Waals surface area contributed by atoms with E-state index in [1.165, 1.54) is 0 Å². The maximum Gasteiger partial charge on any atom is 0.251 e. The van der Waals surface area contributed by atoms with Crippen LogP contribution in [-0.4, -0.2) is 17.6 Å². The maximum atomic E-state index is 12.0. The minimum Gasteiger partial charge on any atom is -0.395 e. The molecule has 3 nitrogen and oxygen atoms in total. The van der Waals surface area contributed by atoms with Crippen molar-refractivity contribution in [2.75, 3.05) is 6.61 Å². The summed E-state index contributed by atoms with van der Waals surface area (Å²) in [5, 5.41) is 14.0. The van der Waals surface area contributed by atoms with E-state index in [0.29, 0.717) is 23.6 Å². The number of halogens is 1. The second-order valence-electron chi connectivity index (χ2n) is 4.23. The summed E-state index contributed by atoms with van der Waals surface area (Å²) in [7, 11) is 0. The molecule has 0 unspecified atom stereocenters. The number of amides is 1. The van der Waals surface area contributed by atoms with E-state index in [-0.39, 0.29) is 12.5 Å². The number of benzene rings is 1. The monoisotopic (exact) mass is 319 g/mol. The number of nitrogens with one attached hydrogen (secondary N) is 1. The van der Waals surface area contributed by atoms with Gasteiger partial charge in [-0.1, -0.05) is 29.5 Å². The van der Waals surface area contributed by atoms with Crippen LogP contribution in [0.4, 0.5) is 0 Å². The summed E-state index contributed by atoms with van der Waals surface area (Å²) in [6.45, 7) is 0.476. The zero-order valence-electron chi connectivity index (χ0n) is 11.2. The van der Waals surface area contributed by atoms with E-state index in [1.807, 2.05) is 11.4 Å². The number of hydrogen-bond acceptors (Lipinski definition) is 3. The molecule has 0 spiro atoms. The molecule has 0 saturated heterocycles. The Kier molecular flexibility index (Phi) is 5.82. The highest BCUT2D eigenvalue weighted by Gasteiger charge is 2.08. The molecule has 0 fully saturated rings. The van der Waals surface area contributed by atoms with Gasteiger partial charge in [0.1, 0.15) is 0 Å². The number of thiophene rings is 1. The first-order valence-electron chi connectivity index (χ1n) is 6.40. The molecule has 0 radical (unpaired) electrons. The Bertz CT molecular complexity index is 685. The third kappa shape index (κ3) is 4.61. The van der Waals surface area contributed by atoms with Crippen molar-refractivity contribution in [3.05, 3.63) is 56.7 Å². The second-order valence-corrected chi connectivity index (χ2v) is 5.66. The molecule has 21 heavy (non-hydrogen) atoms. The summed E-state index contributed by atoms with van der Waals surface area (Å²) in [5.74, 6) is 5.71. The summed E-state index contributed by atoms with van der Waals surface area (Å²) in [6.07, 6.45) is 0.449. The van der Waals surface area contributed by atoms with Crippen LogP contribution in [0.25, 0.3) is 0 Å². The van der Waals surface area contributed by atoms with Crippen molar-refractivity contribution in [3.8, 4) is 11.8 Å². The number of carbonyl (C=O) groups is 1. The zero-order chi connectivity index (χ0) is 15.1. The fourth-order valence-corrected chi connectivity index (χ4v) is 2.66. The van der Waals surface area contributed by atoms with Gasteiger partial charge in [0.25, 0.3) is 5.91 Å². The average molecular weight is 320 g/mol. The van der Waals surface area contributed by atoms with Crippen molar-refractivity contribution in [2.24, 2.45) is 0 Å². The fourth-order valence-electron chi connectivity index (χ4n) is 1.69. The third-order valence-electron chi connectivity index (χ3n) is 2.70. The van der Waals surface area contributed by atoms with Crippen molar-refractivity contribution >= 4 is 28.8 Å². The highest BCUT2D eigenvalue weighted by atomic mass is 35.5. The largest absolute Gasteiger partial charge is 0.395 e. The lowest BCUT2D eigenvalue weighted by Crippen LogP contribution is -2.22. The smallest absolute Gasteiger partial charge is 0.251 e. The van der Waals surface area contributed by atoms with Gasteiger partial charge in [0, 0.05) is 27.4 Å². The van der Waals surface area contributed by atoms with Gasteiger partial charge in [-0.3, -0.25) is 4.79 Å². The van der Waals surface area contributed by atoms with Crippen LogP contribution in [-0.2, 0) is 6.54 Å². The zero-order valence-corrected chi connectivity index (χ0v) is 12.8. The lowest BCUT2D eigenvalue weighted by Gasteiger charge is -2.04. The third-order valence-corrected chi connectivity index (χ3v) is 3.86. The Morgan fingerprint density at radius 2 is 2.24 bits per heavy atom. The Labute approximate surface area is 132 Å². The molecule has 1 aromatic carbocycles. The lowest BCUT2D eigenvalue weighted by molar-refractivity contribution is 0.0951. The summed E-state index contributed by atoms with van der Waals surface area (Å²) in [6, 6.07) is 8.74. The Balaban J connectivity index is 1.99. The molecule has 0 bridgehead atoms. The summed E-state index contributed by atoms with van der Waals surface area (Å²) >= 11 is 7.41. The van der Waals surface area contributed by atoms with Gasteiger partial charge in [-0.25, -0.2) is 0 Å². The molecule has 0 atom stereocenters. The quantitative estimate of drug-likeness (QED) is 0.851. The highest BCUT2D eigenvalue weighted by Crippen LogP contribution is 2.16. The molecule has 2 rings (SSSR count). The minimum absolute atomic E-state index is 0.0535. The molecule has 0 aliphatic carbocycles. The Morgan fingerprint density at radius 3 is 3.00 bits per heavy atom. The van der Waals surface area contributed by atoms with Crippen LogP contribution in [0.2, 0.25) is 5.02 Å². The van der Waals surface area contributed by atoms with Gasteiger partial charge in [-0.2, -0.15) is 0 Å². The fraction of sp³-hybridized carbons (Fsp3) is 0.188. The molecular formula is C16H14ClNO2S. The summed E-state index contributed by atoms with van der Waals surface area (Å²) < 4.78 is 0. The van der Waals surface area contributed by atoms with Crippen LogP contribution in [0.5, 0.6) is 0 Å². The van der Waals surface area contributed by atoms with Gasteiger partial charge < -0.3 is 10.4 Å². The number of aliphatic hydroxyl groups excluding tert-OH is 1. The molecule has 1 amide bonds. The lowest BCUT2D eigenvalue weighted by atomic mass is 10.2. The molecule has 108 valence electrons. The van der Waals surface area contributed by atoms with E-state index in [4.69, 9.17) is 16.7 Å². The minimum atomic E-state index is -0.167. The van der Waals surface area contributed by atoms with Crippen LogP contribution in [0.3, 0.4) is 0 Å². The van der Waals surface area contributed by atoms with Crippen molar-refractivity contribution in [1.29, 1.82) is 0 Å². The molecule has 0 saturated carbocycles. The first-order chi connectivity index (χ1) is 10.2. The van der Waals surface area contributed by atoms with Crippen molar-refractivity contribution < 1.29 is 9.90 Å². The van der Waals surface area contributed by atoms with Crippen LogP contribution in [0, 0.1) is 11.8 Å². The highest BCUT2D eigenvalue weighted by molar-refractivity contribution is 7.10. The molecule has 5 heteroatoms. The summed E-state index contributed by atoms with van der Waals surface area (Å²) in [4.78, 5) is 13.0. The van der Waals surface area contributed by atoms with Gasteiger partial charge in [-0.15, -0.1) is 11.3 Å². The van der Waals surface area contributed by atoms with Gasteiger partial charge in [0.15, 0.2) is 0 Å². The molecule has 2 N–H and O–H groups in total. The van der Waals surface area contributed by atoms with Crippen molar-refractivity contribution in [1.82, 2.24) is 5.32 Å². The molecule has 0 aliphatic rings. The van der Waals surface area contributed by atoms with Gasteiger partial charge in [0.2, 0.25) is 0 Å². The van der Waals surface area contributed by atoms with Gasteiger partial charge in [-0.05, 0) is 29.6 Å².